The zero-order chi connectivity index (χ0) is 39.0. The van der Waals surface area contributed by atoms with Gasteiger partial charge in [0.25, 0.3) is 0 Å². The quantitative estimate of drug-likeness (QED) is 0.163. The number of aryl methyl sites for hydroxylation is 2. The zero-order valence-corrected chi connectivity index (χ0v) is 32.4. The molecule has 7 aromatic carbocycles. The van der Waals surface area contributed by atoms with Crippen molar-refractivity contribution in [3.8, 4) is 90.3 Å². The molecule has 0 amide bonds. The SMILES string of the molecule is Cc1ccccc1-c1nc(-c2cccc(-c3ccccc3)c2)nc(-c2cccc3c2CCc2ccc(-c4nc(-c5ccccc5)nc(-c5ccccc5)n4)cc2-3)c1C. The van der Waals surface area contributed by atoms with E-state index < -0.39 is 0 Å². The molecule has 1 aliphatic carbocycles. The van der Waals surface area contributed by atoms with Crippen LogP contribution in [0.15, 0.2) is 176 Å². The fourth-order valence-electron chi connectivity index (χ4n) is 8.19. The predicted molar refractivity (Wildman–Crippen MR) is 236 cm³/mol. The molecule has 9 aromatic rings. The number of aromatic nitrogens is 5. The van der Waals surface area contributed by atoms with Crippen LogP contribution in [0.2, 0.25) is 0 Å². The first kappa shape index (κ1) is 35.1. The third-order valence-corrected chi connectivity index (χ3v) is 11.2. The lowest BCUT2D eigenvalue weighted by Gasteiger charge is -2.24. The number of benzene rings is 7. The van der Waals surface area contributed by atoms with Crippen LogP contribution in [0, 0.1) is 13.8 Å². The van der Waals surface area contributed by atoms with Gasteiger partial charge in [0.15, 0.2) is 23.3 Å². The molecule has 0 atom stereocenters. The van der Waals surface area contributed by atoms with E-state index in [4.69, 9.17) is 24.9 Å². The van der Waals surface area contributed by atoms with E-state index in [9.17, 15) is 0 Å². The Hall–Kier alpha value is -7.37. The van der Waals surface area contributed by atoms with Crippen LogP contribution in [0.4, 0.5) is 0 Å². The van der Waals surface area contributed by atoms with Crippen LogP contribution >= 0.6 is 0 Å². The summed E-state index contributed by atoms with van der Waals surface area (Å²) in [6, 6.07) is 61.2. The summed E-state index contributed by atoms with van der Waals surface area (Å²) in [6.07, 6.45) is 1.82. The summed E-state index contributed by atoms with van der Waals surface area (Å²) >= 11 is 0. The highest BCUT2D eigenvalue weighted by Gasteiger charge is 2.24. The molecule has 5 nitrogen and oxygen atoms in total. The lowest BCUT2D eigenvalue weighted by molar-refractivity contribution is 0.941. The molecule has 58 heavy (non-hydrogen) atoms. The van der Waals surface area contributed by atoms with Crippen molar-refractivity contribution < 1.29 is 0 Å². The molecule has 10 rings (SSSR count). The van der Waals surface area contributed by atoms with Gasteiger partial charge in [-0.25, -0.2) is 24.9 Å². The first-order valence-electron chi connectivity index (χ1n) is 19.8. The molecular formula is C53H39N5. The minimum Gasteiger partial charge on any atom is -0.228 e. The van der Waals surface area contributed by atoms with Gasteiger partial charge in [-0.15, -0.1) is 0 Å². The summed E-state index contributed by atoms with van der Waals surface area (Å²) in [4.78, 5) is 25.8. The van der Waals surface area contributed by atoms with E-state index in [1.54, 1.807) is 0 Å². The normalized spacial score (nSPS) is 11.8. The number of nitrogens with zero attached hydrogens (tertiary/aromatic N) is 5. The maximum atomic E-state index is 5.43. The van der Waals surface area contributed by atoms with Crippen molar-refractivity contribution in [1.82, 2.24) is 24.9 Å². The van der Waals surface area contributed by atoms with Crippen molar-refractivity contribution in [2.45, 2.75) is 26.7 Å². The molecular weight excluding hydrogens is 707 g/mol. The fraction of sp³-hybridized carbons (Fsp3) is 0.0755. The zero-order valence-electron chi connectivity index (χ0n) is 32.4. The summed E-state index contributed by atoms with van der Waals surface area (Å²) in [5.41, 5.74) is 17.6. The first-order chi connectivity index (χ1) is 28.6. The molecule has 0 radical (unpaired) electrons. The molecule has 0 spiro atoms. The van der Waals surface area contributed by atoms with Gasteiger partial charge >= 0.3 is 0 Å². The van der Waals surface area contributed by atoms with E-state index in [1.807, 2.05) is 66.7 Å². The van der Waals surface area contributed by atoms with E-state index in [-0.39, 0.29) is 0 Å². The van der Waals surface area contributed by atoms with Crippen LogP contribution in [0.3, 0.4) is 0 Å². The van der Waals surface area contributed by atoms with Crippen molar-refractivity contribution in [1.29, 1.82) is 0 Å². The van der Waals surface area contributed by atoms with Crippen molar-refractivity contribution in [2.75, 3.05) is 0 Å². The Bertz CT molecular complexity index is 2900. The summed E-state index contributed by atoms with van der Waals surface area (Å²) in [5, 5.41) is 0. The minimum absolute atomic E-state index is 0.649. The molecule has 0 fully saturated rings. The number of hydrogen-bond acceptors (Lipinski definition) is 5. The molecule has 0 N–H and O–H groups in total. The molecule has 0 unspecified atom stereocenters. The molecule has 0 saturated heterocycles. The summed E-state index contributed by atoms with van der Waals surface area (Å²) in [6.45, 7) is 4.33. The lowest BCUT2D eigenvalue weighted by Crippen LogP contribution is -2.08. The lowest BCUT2D eigenvalue weighted by atomic mass is 9.81. The Morgan fingerprint density at radius 2 is 0.810 bits per heavy atom. The van der Waals surface area contributed by atoms with Crippen LogP contribution in [0.1, 0.15) is 22.3 Å². The second-order valence-corrected chi connectivity index (χ2v) is 14.9. The van der Waals surface area contributed by atoms with Crippen LogP contribution in [-0.2, 0) is 12.8 Å². The van der Waals surface area contributed by atoms with Gasteiger partial charge in [0.05, 0.1) is 11.4 Å². The fourth-order valence-corrected chi connectivity index (χ4v) is 8.19. The van der Waals surface area contributed by atoms with Gasteiger partial charge in [-0.05, 0) is 77.8 Å². The van der Waals surface area contributed by atoms with E-state index in [1.165, 1.54) is 27.8 Å². The van der Waals surface area contributed by atoms with Gasteiger partial charge < -0.3 is 0 Å². The Balaban J connectivity index is 1.12. The standard InChI is InChI=1S/C53H39N5/c1-34-16-12-13-25-43(34)48-35(2)49(55-52(54-48)41-24-14-23-40(32-41)36-17-6-3-7-18-36)46-27-15-26-44-45(46)31-30-37-28-29-42(33-47(37)44)53-57-50(38-19-8-4-9-20-38)56-51(58-53)39-21-10-5-11-22-39/h3-29,32-33H,30-31H2,1-2H3. The number of rotatable bonds is 7. The highest BCUT2D eigenvalue weighted by molar-refractivity contribution is 5.86. The van der Waals surface area contributed by atoms with Crippen molar-refractivity contribution >= 4 is 0 Å². The third kappa shape index (κ3) is 6.57. The number of fused-ring (bicyclic) bond motifs is 3. The predicted octanol–water partition coefficient (Wildman–Crippen LogP) is 12.7. The smallest absolute Gasteiger partial charge is 0.164 e. The van der Waals surface area contributed by atoms with Crippen LogP contribution in [-0.4, -0.2) is 24.9 Å². The van der Waals surface area contributed by atoms with Gasteiger partial charge in [0.1, 0.15) is 0 Å². The maximum Gasteiger partial charge on any atom is 0.164 e. The Morgan fingerprint density at radius 3 is 1.48 bits per heavy atom. The summed E-state index contributed by atoms with van der Waals surface area (Å²) in [5.74, 6) is 2.67. The van der Waals surface area contributed by atoms with Gasteiger partial charge in [0.2, 0.25) is 0 Å². The van der Waals surface area contributed by atoms with Crippen LogP contribution in [0.5, 0.6) is 0 Å². The highest BCUT2D eigenvalue weighted by Crippen LogP contribution is 2.42. The molecule has 2 heterocycles. The molecule has 0 aliphatic heterocycles. The van der Waals surface area contributed by atoms with E-state index >= 15 is 0 Å². The molecule has 2 aromatic heterocycles. The molecule has 0 bridgehead atoms. The Labute approximate surface area is 338 Å². The van der Waals surface area contributed by atoms with Crippen molar-refractivity contribution in [3.05, 3.63) is 198 Å². The van der Waals surface area contributed by atoms with E-state index in [0.717, 1.165) is 74.3 Å². The van der Waals surface area contributed by atoms with Crippen molar-refractivity contribution in [3.63, 3.8) is 0 Å². The second-order valence-electron chi connectivity index (χ2n) is 14.9. The number of hydrogen-bond donors (Lipinski definition) is 0. The topological polar surface area (TPSA) is 64.5 Å². The van der Waals surface area contributed by atoms with Crippen LogP contribution < -0.4 is 0 Å². The minimum atomic E-state index is 0.649. The average molecular weight is 746 g/mol. The molecule has 5 heteroatoms. The van der Waals surface area contributed by atoms with Gasteiger partial charge in [-0.1, -0.05) is 164 Å². The Morgan fingerprint density at radius 1 is 0.328 bits per heavy atom. The summed E-state index contributed by atoms with van der Waals surface area (Å²) < 4.78 is 0. The van der Waals surface area contributed by atoms with Gasteiger partial charge in [-0.3, -0.25) is 0 Å². The largest absolute Gasteiger partial charge is 0.228 e. The van der Waals surface area contributed by atoms with Gasteiger partial charge in [0, 0.05) is 38.9 Å². The maximum absolute atomic E-state index is 5.43. The second kappa shape index (κ2) is 14.9. The highest BCUT2D eigenvalue weighted by atomic mass is 15.0. The first-order valence-corrected chi connectivity index (χ1v) is 19.8. The van der Waals surface area contributed by atoms with Crippen molar-refractivity contribution in [2.24, 2.45) is 0 Å². The molecule has 1 aliphatic rings. The average Bonchev–Trinajstić information content (AvgIpc) is 3.30. The molecule has 0 saturated carbocycles. The molecule has 276 valence electrons. The van der Waals surface area contributed by atoms with E-state index in [2.05, 4.69) is 123 Å². The Kier molecular flexibility index (Phi) is 9.04. The summed E-state index contributed by atoms with van der Waals surface area (Å²) in [7, 11) is 0. The van der Waals surface area contributed by atoms with Crippen LogP contribution in [0.25, 0.3) is 90.3 Å². The third-order valence-electron chi connectivity index (χ3n) is 11.2. The monoisotopic (exact) mass is 745 g/mol. The van der Waals surface area contributed by atoms with E-state index in [0.29, 0.717) is 23.3 Å². The van der Waals surface area contributed by atoms with Gasteiger partial charge in [-0.2, -0.15) is 0 Å².